The summed E-state index contributed by atoms with van der Waals surface area (Å²) in [5.74, 6) is 0. The molecule has 2 nitrogen and oxygen atoms in total. The largest absolute Gasteiger partial charge is 0.416 e. The lowest BCUT2D eigenvalue weighted by molar-refractivity contribution is -0.137. The first kappa shape index (κ1) is 15.5. The van der Waals surface area contributed by atoms with Crippen LogP contribution in [0.1, 0.15) is 39.7 Å². The van der Waals surface area contributed by atoms with Crippen LogP contribution in [0, 0.1) is 20.8 Å². The summed E-state index contributed by atoms with van der Waals surface area (Å²) in [4.78, 5) is 4.35. The highest BCUT2D eigenvalue weighted by Crippen LogP contribution is 2.32. The second-order valence-electron chi connectivity index (χ2n) is 5.17. The Kier molecular flexibility index (Phi) is 4.05. The quantitative estimate of drug-likeness (QED) is 0.906. The number of aromatic nitrogens is 1. The zero-order chi connectivity index (χ0) is 15.8. The van der Waals surface area contributed by atoms with Crippen molar-refractivity contribution in [1.82, 2.24) is 4.98 Å². The number of nitrogens with two attached hydrogens (primary N) is 1. The number of nitrogens with zero attached hydrogens (tertiary/aromatic N) is 1. The molecule has 0 aliphatic rings. The fourth-order valence-electron chi connectivity index (χ4n) is 2.39. The molecule has 2 rings (SSSR count). The van der Waals surface area contributed by atoms with Gasteiger partial charge >= 0.3 is 6.18 Å². The Bertz CT molecular complexity index is 663. The first-order valence-electron chi connectivity index (χ1n) is 6.57. The summed E-state index contributed by atoms with van der Waals surface area (Å²) in [5, 5.41) is 0. The van der Waals surface area contributed by atoms with E-state index in [-0.39, 0.29) is 0 Å². The lowest BCUT2D eigenvalue weighted by atomic mass is 9.93. The maximum atomic E-state index is 12.7. The summed E-state index contributed by atoms with van der Waals surface area (Å²) in [7, 11) is 0. The maximum Gasteiger partial charge on any atom is 0.416 e. The highest BCUT2D eigenvalue weighted by Gasteiger charge is 2.31. The molecule has 0 bridgehead atoms. The van der Waals surface area contributed by atoms with Crippen molar-refractivity contribution in [2.75, 3.05) is 0 Å². The van der Waals surface area contributed by atoms with Gasteiger partial charge in [-0.3, -0.25) is 4.98 Å². The third kappa shape index (κ3) is 3.24. The summed E-state index contributed by atoms with van der Waals surface area (Å²) < 4.78 is 38.1. The van der Waals surface area contributed by atoms with Crippen LogP contribution >= 0.6 is 0 Å². The van der Waals surface area contributed by atoms with Crippen LogP contribution in [-0.2, 0) is 6.18 Å². The summed E-state index contributed by atoms with van der Waals surface area (Å²) in [6.07, 6.45) is -4.34. The van der Waals surface area contributed by atoms with E-state index in [4.69, 9.17) is 5.73 Å². The molecule has 2 aromatic rings. The third-order valence-corrected chi connectivity index (χ3v) is 3.53. The number of rotatable bonds is 2. The van der Waals surface area contributed by atoms with Gasteiger partial charge in [0.1, 0.15) is 0 Å². The molecule has 0 fully saturated rings. The third-order valence-electron chi connectivity index (χ3n) is 3.53. The summed E-state index contributed by atoms with van der Waals surface area (Å²) in [6.45, 7) is 5.37. The lowest BCUT2D eigenvalue weighted by Gasteiger charge is -2.18. The van der Waals surface area contributed by atoms with E-state index in [1.165, 1.54) is 6.07 Å². The fourth-order valence-corrected chi connectivity index (χ4v) is 2.39. The maximum absolute atomic E-state index is 12.7. The second kappa shape index (κ2) is 5.48. The molecule has 0 saturated carbocycles. The van der Waals surface area contributed by atoms with Crippen molar-refractivity contribution >= 4 is 0 Å². The zero-order valence-electron chi connectivity index (χ0n) is 12.1. The molecule has 1 atom stereocenters. The van der Waals surface area contributed by atoms with E-state index < -0.39 is 17.8 Å². The summed E-state index contributed by atoms with van der Waals surface area (Å²) in [6, 6.07) is 6.88. The monoisotopic (exact) mass is 294 g/mol. The molecule has 1 unspecified atom stereocenters. The number of alkyl halides is 3. The topological polar surface area (TPSA) is 38.9 Å². The molecule has 1 heterocycles. The zero-order valence-corrected chi connectivity index (χ0v) is 12.1. The molecule has 2 N–H and O–H groups in total. The average Bonchev–Trinajstić information content (AvgIpc) is 2.36. The summed E-state index contributed by atoms with van der Waals surface area (Å²) in [5.41, 5.74) is 9.25. The highest BCUT2D eigenvalue weighted by molar-refractivity contribution is 5.40. The molecular formula is C16H17F3N2. The van der Waals surface area contributed by atoms with Crippen LogP contribution < -0.4 is 5.73 Å². The van der Waals surface area contributed by atoms with Gasteiger partial charge in [-0.1, -0.05) is 12.1 Å². The van der Waals surface area contributed by atoms with Crippen molar-refractivity contribution in [3.8, 4) is 0 Å². The van der Waals surface area contributed by atoms with Gasteiger partial charge in [0.05, 0.1) is 11.6 Å². The number of halogens is 3. The molecule has 0 amide bonds. The Labute approximate surface area is 121 Å². The number of hydrogen-bond donors (Lipinski definition) is 1. The Balaban J connectivity index is 2.42. The molecule has 21 heavy (non-hydrogen) atoms. The van der Waals surface area contributed by atoms with Crippen LogP contribution in [0.5, 0.6) is 0 Å². The van der Waals surface area contributed by atoms with E-state index in [0.717, 1.165) is 29.1 Å². The smallest absolute Gasteiger partial charge is 0.320 e. The minimum absolute atomic E-state index is 0.486. The van der Waals surface area contributed by atoms with Crippen LogP contribution in [-0.4, -0.2) is 4.98 Å². The average molecular weight is 294 g/mol. The number of pyridine rings is 1. The van der Waals surface area contributed by atoms with Crippen LogP contribution in [0.15, 0.2) is 30.3 Å². The first-order valence-corrected chi connectivity index (χ1v) is 6.57. The van der Waals surface area contributed by atoms with Gasteiger partial charge in [-0.2, -0.15) is 13.2 Å². The van der Waals surface area contributed by atoms with Crippen LogP contribution in [0.4, 0.5) is 13.2 Å². The standard InChI is InChI=1S/C16H17F3N2/c1-9-8-12(16(17,18)19)5-7-13(9)15(20)14-6-4-10(2)21-11(14)3/h4-8,15H,20H2,1-3H3. The van der Waals surface area contributed by atoms with Crippen LogP contribution in [0.3, 0.4) is 0 Å². The van der Waals surface area contributed by atoms with Gasteiger partial charge in [-0.15, -0.1) is 0 Å². The van der Waals surface area contributed by atoms with E-state index in [1.54, 1.807) is 6.92 Å². The van der Waals surface area contributed by atoms with Crippen molar-refractivity contribution < 1.29 is 13.2 Å². The van der Waals surface area contributed by atoms with Crippen LogP contribution in [0.25, 0.3) is 0 Å². The number of benzene rings is 1. The predicted octanol–water partition coefficient (Wildman–Crippen LogP) is 4.07. The number of hydrogen-bond acceptors (Lipinski definition) is 2. The minimum Gasteiger partial charge on any atom is -0.320 e. The molecule has 0 aliphatic heterocycles. The van der Waals surface area contributed by atoms with Gasteiger partial charge in [-0.25, -0.2) is 0 Å². The SMILES string of the molecule is Cc1ccc(C(N)c2ccc(C(F)(F)F)cc2C)c(C)n1. The Morgan fingerprint density at radius 3 is 2.14 bits per heavy atom. The molecule has 5 heteroatoms. The number of aryl methyl sites for hydroxylation is 3. The van der Waals surface area contributed by atoms with Gasteiger partial charge in [0, 0.05) is 11.4 Å². The second-order valence-corrected chi connectivity index (χ2v) is 5.17. The molecule has 112 valence electrons. The molecule has 0 saturated heterocycles. The van der Waals surface area contributed by atoms with Gasteiger partial charge in [-0.05, 0) is 55.7 Å². The van der Waals surface area contributed by atoms with Crippen molar-refractivity contribution in [1.29, 1.82) is 0 Å². The highest BCUT2D eigenvalue weighted by atomic mass is 19.4. The Morgan fingerprint density at radius 1 is 1.00 bits per heavy atom. The van der Waals surface area contributed by atoms with Gasteiger partial charge in [0.15, 0.2) is 0 Å². The van der Waals surface area contributed by atoms with Gasteiger partial charge in [0.25, 0.3) is 0 Å². The normalized spacial score (nSPS) is 13.3. The van der Waals surface area contributed by atoms with Crippen molar-refractivity contribution in [3.05, 3.63) is 64.0 Å². The summed E-state index contributed by atoms with van der Waals surface area (Å²) >= 11 is 0. The predicted molar refractivity (Wildman–Crippen MR) is 75.9 cm³/mol. The van der Waals surface area contributed by atoms with E-state index in [1.807, 2.05) is 26.0 Å². The fraction of sp³-hybridized carbons (Fsp3) is 0.312. The Morgan fingerprint density at radius 2 is 1.62 bits per heavy atom. The van der Waals surface area contributed by atoms with Crippen molar-refractivity contribution in [3.63, 3.8) is 0 Å². The van der Waals surface area contributed by atoms with Gasteiger partial charge in [0.2, 0.25) is 0 Å². The van der Waals surface area contributed by atoms with E-state index in [2.05, 4.69) is 4.98 Å². The van der Waals surface area contributed by atoms with E-state index in [0.29, 0.717) is 11.1 Å². The molecule has 1 aromatic heterocycles. The molecule has 0 spiro atoms. The molecule has 1 aromatic carbocycles. The lowest BCUT2D eigenvalue weighted by Crippen LogP contribution is -2.16. The molecule has 0 radical (unpaired) electrons. The van der Waals surface area contributed by atoms with Crippen molar-refractivity contribution in [2.45, 2.75) is 33.0 Å². The van der Waals surface area contributed by atoms with E-state index >= 15 is 0 Å². The van der Waals surface area contributed by atoms with Gasteiger partial charge < -0.3 is 5.73 Å². The van der Waals surface area contributed by atoms with E-state index in [9.17, 15) is 13.2 Å². The van der Waals surface area contributed by atoms with Crippen LogP contribution in [0.2, 0.25) is 0 Å². The Hall–Kier alpha value is -1.88. The van der Waals surface area contributed by atoms with Crippen molar-refractivity contribution in [2.24, 2.45) is 5.73 Å². The minimum atomic E-state index is -4.34. The first-order chi connectivity index (χ1) is 9.70. The molecular weight excluding hydrogens is 277 g/mol. The molecule has 0 aliphatic carbocycles.